The van der Waals surface area contributed by atoms with Crippen molar-refractivity contribution in [3.05, 3.63) is 59.7 Å². The van der Waals surface area contributed by atoms with Gasteiger partial charge in [-0.15, -0.1) is 0 Å². The van der Waals surface area contributed by atoms with Gasteiger partial charge < -0.3 is 15.0 Å². The maximum atomic E-state index is 13.6. The lowest BCUT2D eigenvalue weighted by molar-refractivity contribution is -0.156. The van der Waals surface area contributed by atoms with E-state index in [4.69, 9.17) is 4.74 Å². The summed E-state index contributed by atoms with van der Waals surface area (Å²) in [5, 5.41) is 2.61. The molecule has 182 valence electrons. The Labute approximate surface area is 203 Å². The van der Waals surface area contributed by atoms with E-state index in [0.29, 0.717) is 22.5 Å². The first-order valence-electron chi connectivity index (χ1n) is 11.5. The molecule has 9 nitrogen and oxygen atoms in total. The number of nitrogens with one attached hydrogen (secondary N) is 1. The fraction of sp³-hybridized carbons (Fsp3) is 0.346. The zero-order chi connectivity index (χ0) is 25.3. The summed E-state index contributed by atoms with van der Waals surface area (Å²) in [6.07, 6.45) is 0.154. The molecule has 9 heteroatoms. The molecule has 1 saturated heterocycles. The number of ketones is 1. The number of hydrogen-bond acceptors (Lipinski definition) is 6. The molecule has 0 aromatic heterocycles. The minimum atomic E-state index is -1.64. The highest BCUT2D eigenvalue weighted by Gasteiger charge is 2.62. The molecule has 2 heterocycles. The van der Waals surface area contributed by atoms with Crippen LogP contribution in [0.2, 0.25) is 0 Å². The van der Waals surface area contributed by atoms with Gasteiger partial charge in [0, 0.05) is 37.6 Å². The van der Waals surface area contributed by atoms with Crippen LogP contribution in [0.3, 0.4) is 0 Å². The number of carbonyl (C=O) groups is 5. The van der Waals surface area contributed by atoms with Gasteiger partial charge in [-0.2, -0.15) is 0 Å². The molecule has 0 spiro atoms. The average molecular weight is 478 g/mol. The van der Waals surface area contributed by atoms with Gasteiger partial charge in [-0.3, -0.25) is 24.1 Å². The van der Waals surface area contributed by atoms with Gasteiger partial charge in [0.1, 0.15) is 0 Å². The Morgan fingerprint density at radius 2 is 1.74 bits per heavy atom. The first-order valence-corrected chi connectivity index (χ1v) is 11.5. The summed E-state index contributed by atoms with van der Waals surface area (Å²) in [5.41, 5.74) is -0.0804. The van der Waals surface area contributed by atoms with Crippen molar-refractivity contribution in [3.8, 4) is 0 Å². The van der Waals surface area contributed by atoms with Gasteiger partial charge >= 0.3 is 5.97 Å². The van der Waals surface area contributed by atoms with Crippen molar-refractivity contribution in [2.45, 2.75) is 39.3 Å². The predicted molar refractivity (Wildman–Crippen MR) is 128 cm³/mol. The van der Waals surface area contributed by atoms with Crippen molar-refractivity contribution in [2.75, 3.05) is 23.4 Å². The molecule has 2 aliphatic heterocycles. The minimum absolute atomic E-state index is 0.0233. The lowest BCUT2D eigenvalue weighted by Crippen LogP contribution is -2.69. The molecule has 35 heavy (non-hydrogen) atoms. The summed E-state index contributed by atoms with van der Waals surface area (Å²) < 4.78 is 5.47. The second-order valence-electron chi connectivity index (χ2n) is 9.13. The topological polar surface area (TPSA) is 113 Å². The van der Waals surface area contributed by atoms with Crippen molar-refractivity contribution in [1.29, 1.82) is 0 Å². The predicted octanol–water partition coefficient (Wildman–Crippen LogP) is 3.01. The lowest BCUT2D eigenvalue weighted by Gasteiger charge is -2.48. The molecule has 1 fully saturated rings. The molecular weight excluding hydrogens is 450 g/mol. The van der Waals surface area contributed by atoms with Crippen molar-refractivity contribution >= 4 is 40.8 Å². The number of para-hydroxylation sites is 1. The van der Waals surface area contributed by atoms with E-state index in [1.807, 2.05) is 13.8 Å². The van der Waals surface area contributed by atoms with Crippen LogP contribution in [0.5, 0.6) is 0 Å². The molecule has 0 radical (unpaired) electrons. The number of carbonyl (C=O) groups excluding carboxylic acids is 5. The summed E-state index contributed by atoms with van der Waals surface area (Å²) in [4.78, 5) is 66.7. The van der Waals surface area contributed by atoms with E-state index in [-0.39, 0.29) is 43.0 Å². The normalized spacial score (nSPS) is 18.9. The van der Waals surface area contributed by atoms with Gasteiger partial charge in [0.05, 0.1) is 11.3 Å². The standard InChI is InChI=1S/C26H27N3O6/c1-16(2)14-28-24(33)20-6-4-5-7-21(20)29-23(32)12-13-26(28,29)25(34)35-15-22(31)18-8-10-19(11-9-18)27-17(3)30/h4-11,16H,12-15H2,1-3H3,(H,27,30). The van der Waals surface area contributed by atoms with Crippen LogP contribution >= 0.6 is 0 Å². The molecular formula is C26H27N3O6. The monoisotopic (exact) mass is 477 g/mol. The van der Waals surface area contributed by atoms with Crippen LogP contribution in [0.1, 0.15) is 54.3 Å². The minimum Gasteiger partial charge on any atom is -0.454 e. The Bertz CT molecular complexity index is 1210. The number of rotatable bonds is 7. The molecule has 1 atom stereocenters. The number of hydrogen-bond donors (Lipinski definition) is 1. The lowest BCUT2D eigenvalue weighted by atomic mass is 9.95. The summed E-state index contributed by atoms with van der Waals surface area (Å²) in [7, 11) is 0. The molecule has 0 saturated carbocycles. The van der Waals surface area contributed by atoms with E-state index >= 15 is 0 Å². The van der Waals surface area contributed by atoms with E-state index in [9.17, 15) is 24.0 Å². The highest BCUT2D eigenvalue weighted by atomic mass is 16.5. The van der Waals surface area contributed by atoms with Gasteiger partial charge in [0.15, 0.2) is 12.4 Å². The summed E-state index contributed by atoms with van der Waals surface area (Å²) >= 11 is 0. The van der Waals surface area contributed by atoms with Gasteiger partial charge in [-0.1, -0.05) is 26.0 Å². The van der Waals surface area contributed by atoms with Crippen LogP contribution in [0.15, 0.2) is 48.5 Å². The fourth-order valence-electron chi connectivity index (χ4n) is 4.64. The number of Topliss-reactive ketones (excluding diaryl/α,β-unsaturated/α-hetero) is 1. The second-order valence-corrected chi connectivity index (χ2v) is 9.13. The second kappa shape index (κ2) is 9.32. The number of benzene rings is 2. The Hall–Kier alpha value is -4.01. The molecule has 0 bridgehead atoms. The Morgan fingerprint density at radius 3 is 2.40 bits per heavy atom. The van der Waals surface area contributed by atoms with Crippen LogP contribution in [0.4, 0.5) is 11.4 Å². The molecule has 1 unspecified atom stereocenters. The average Bonchev–Trinajstić information content (AvgIpc) is 3.18. The van der Waals surface area contributed by atoms with E-state index in [2.05, 4.69) is 5.32 Å². The maximum absolute atomic E-state index is 13.6. The third-order valence-corrected chi connectivity index (χ3v) is 6.11. The zero-order valence-corrected chi connectivity index (χ0v) is 19.9. The van der Waals surface area contributed by atoms with Crippen LogP contribution in [0, 0.1) is 5.92 Å². The van der Waals surface area contributed by atoms with Crippen LogP contribution in [0.25, 0.3) is 0 Å². The van der Waals surface area contributed by atoms with Crippen molar-refractivity contribution in [1.82, 2.24) is 4.90 Å². The molecule has 4 rings (SSSR count). The SMILES string of the molecule is CC(=O)Nc1ccc(C(=O)COC(=O)C23CCC(=O)N2c2ccccc2C(=O)N3CC(C)C)cc1. The quantitative estimate of drug-likeness (QED) is 0.485. The zero-order valence-electron chi connectivity index (χ0n) is 19.9. The summed E-state index contributed by atoms with van der Waals surface area (Å²) in [6.45, 7) is 4.91. The fourth-order valence-corrected chi connectivity index (χ4v) is 4.64. The molecule has 2 aromatic rings. The number of ether oxygens (including phenoxy) is 1. The van der Waals surface area contributed by atoms with E-state index in [1.165, 1.54) is 28.9 Å². The molecule has 1 N–H and O–H groups in total. The highest BCUT2D eigenvalue weighted by molar-refractivity contribution is 6.15. The van der Waals surface area contributed by atoms with Crippen molar-refractivity contribution in [2.24, 2.45) is 5.92 Å². The Balaban J connectivity index is 1.61. The van der Waals surface area contributed by atoms with Crippen LogP contribution < -0.4 is 10.2 Å². The third-order valence-electron chi connectivity index (χ3n) is 6.11. The van der Waals surface area contributed by atoms with Gasteiger partial charge in [-0.25, -0.2) is 4.79 Å². The van der Waals surface area contributed by atoms with Gasteiger partial charge in [-0.05, 0) is 42.3 Å². The highest BCUT2D eigenvalue weighted by Crippen LogP contribution is 2.45. The first-order chi connectivity index (χ1) is 16.6. The number of amides is 3. The third kappa shape index (κ3) is 4.29. The number of esters is 1. The van der Waals surface area contributed by atoms with Gasteiger partial charge in [0.25, 0.3) is 5.91 Å². The Kier molecular flexibility index (Phi) is 6.43. The largest absolute Gasteiger partial charge is 0.454 e. The number of fused-ring (bicyclic) bond motifs is 3. The van der Waals surface area contributed by atoms with Crippen molar-refractivity contribution < 1.29 is 28.7 Å². The molecule has 3 amide bonds. The molecule has 2 aromatic carbocycles. The number of nitrogens with zero attached hydrogens (tertiary/aromatic N) is 2. The summed E-state index contributed by atoms with van der Waals surface area (Å²) in [5.74, 6) is -2.10. The van der Waals surface area contributed by atoms with E-state index in [0.717, 1.165) is 0 Å². The smallest absolute Gasteiger partial charge is 0.354 e. The number of anilines is 2. The van der Waals surface area contributed by atoms with Crippen LogP contribution in [-0.4, -0.2) is 53.2 Å². The summed E-state index contributed by atoms with van der Waals surface area (Å²) in [6, 6.07) is 12.9. The molecule has 0 aliphatic carbocycles. The van der Waals surface area contributed by atoms with E-state index in [1.54, 1.807) is 36.4 Å². The van der Waals surface area contributed by atoms with Gasteiger partial charge in [0.2, 0.25) is 17.5 Å². The molecule has 2 aliphatic rings. The maximum Gasteiger partial charge on any atom is 0.354 e. The van der Waals surface area contributed by atoms with Crippen LogP contribution in [-0.2, 0) is 19.1 Å². The first kappa shape index (κ1) is 24.1. The Morgan fingerprint density at radius 1 is 1.06 bits per heavy atom. The van der Waals surface area contributed by atoms with Crippen molar-refractivity contribution in [3.63, 3.8) is 0 Å². The van der Waals surface area contributed by atoms with E-state index < -0.39 is 24.0 Å².